The van der Waals surface area contributed by atoms with Crippen molar-refractivity contribution in [2.45, 2.75) is 12.2 Å². The second kappa shape index (κ2) is 6.32. The van der Waals surface area contributed by atoms with Crippen LogP contribution < -0.4 is 5.32 Å². The number of halogens is 4. The van der Waals surface area contributed by atoms with Gasteiger partial charge in [-0.15, -0.1) is 0 Å². The third-order valence-electron chi connectivity index (χ3n) is 2.86. The van der Waals surface area contributed by atoms with Crippen LogP contribution in [-0.2, 0) is 6.18 Å². The Bertz CT molecular complexity index is 605. The molecule has 0 fully saturated rings. The van der Waals surface area contributed by atoms with Crippen LogP contribution in [0.5, 0.6) is 0 Å². The molecule has 0 bridgehead atoms. The summed E-state index contributed by atoms with van der Waals surface area (Å²) in [6.07, 6.45) is -3.79. The second-order valence-corrected chi connectivity index (χ2v) is 4.75. The molecule has 0 saturated carbocycles. The van der Waals surface area contributed by atoms with E-state index in [1.54, 1.807) is 24.3 Å². The van der Waals surface area contributed by atoms with E-state index in [1.807, 2.05) is 6.07 Å². The Balaban J connectivity index is 2.23. The smallest absolute Gasteiger partial charge is 0.394 e. The van der Waals surface area contributed by atoms with Crippen molar-refractivity contribution in [1.29, 1.82) is 0 Å². The minimum Gasteiger partial charge on any atom is -0.394 e. The van der Waals surface area contributed by atoms with Crippen LogP contribution in [0.2, 0.25) is 5.02 Å². The zero-order chi connectivity index (χ0) is 15.5. The molecule has 1 aromatic heterocycles. The van der Waals surface area contributed by atoms with Gasteiger partial charge >= 0.3 is 6.18 Å². The van der Waals surface area contributed by atoms with Crippen LogP contribution >= 0.6 is 11.6 Å². The highest BCUT2D eigenvalue weighted by atomic mass is 35.5. The van der Waals surface area contributed by atoms with Gasteiger partial charge in [0.15, 0.2) is 0 Å². The van der Waals surface area contributed by atoms with E-state index in [4.69, 9.17) is 11.6 Å². The van der Waals surface area contributed by atoms with E-state index in [9.17, 15) is 18.3 Å². The number of pyridine rings is 1. The predicted molar refractivity (Wildman–Crippen MR) is 74.1 cm³/mol. The third kappa shape index (κ3) is 3.86. The largest absolute Gasteiger partial charge is 0.417 e. The highest BCUT2D eigenvalue weighted by Gasteiger charge is 2.31. The van der Waals surface area contributed by atoms with E-state index in [0.29, 0.717) is 6.20 Å². The molecule has 0 amide bonds. The number of nitrogens with zero attached hydrogens (tertiary/aromatic N) is 1. The lowest BCUT2D eigenvalue weighted by atomic mass is 10.1. The first-order chi connectivity index (χ1) is 9.91. The molecule has 0 radical (unpaired) electrons. The lowest BCUT2D eigenvalue weighted by Gasteiger charge is -2.18. The Labute approximate surface area is 124 Å². The molecule has 0 aliphatic heterocycles. The van der Waals surface area contributed by atoms with Gasteiger partial charge in [-0.05, 0) is 11.6 Å². The number of aromatic nitrogens is 1. The molecule has 1 atom stereocenters. The molecular weight excluding hydrogens is 305 g/mol. The lowest BCUT2D eigenvalue weighted by Crippen LogP contribution is -2.16. The summed E-state index contributed by atoms with van der Waals surface area (Å²) in [7, 11) is 0. The Morgan fingerprint density at radius 1 is 1.24 bits per heavy atom. The quantitative estimate of drug-likeness (QED) is 0.899. The summed E-state index contributed by atoms with van der Waals surface area (Å²) in [5.74, 6) is 0.0903. The summed E-state index contributed by atoms with van der Waals surface area (Å²) in [5, 5.41) is 12.1. The molecule has 1 heterocycles. The van der Waals surface area contributed by atoms with Crippen molar-refractivity contribution in [2.24, 2.45) is 0 Å². The molecule has 0 spiro atoms. The molecule has 1 aromatic carbocycles. The number of rotatable bonds is 4. The number of benzene rings is 1. The van der Waals surface area contributed by atoms with Crippen LogP contribution in [-0.4, -0.2) is 16.7 Å². The molecule has 0 saturated heterocycles. The molecule has 2 aromatic rings. The normalized spacial score (nSPS) is 13.0. The number of anilines is 1. The van der Waals surface area contributed by atoms with E-state index >= 15 is 0 Å². The highest BCUT2D eigenvalue weighted by Crippen LogP contribution is 2.33. The maximum atomic E-state index is 12.5. The molecule has 21 heavy (non-hydrogen) atoms. The van der Waals surface area contributed by atoms with Crippen molar-refractivity contribution in [3.63, 3.8) is 0 Å². The molecule has 7 heteroatoms. The van der Waals surface area contributed by atoms with Crippen LogP contribution in [0.15, 0.2) is 42.6 Å². The fourth-order valence-electron chi connectivity index (χ4n) is 1.78. The van der Waals surface area contributed by atoms with Gasteiger partial charge in [-0.25, -0.2) is 4.98 Å². The monoisotopic (exact) mass is 316 g/mol. The van der Waals surface area contributed by atoms with Gasteiger partial charge in [0.05, 0.1) is 23.2 Å². The average molecular weight is 317 g/mol. The van der Waals surface area contributed by atoms with Gasteiger partial charge in [-0.1, -0.05) is 41.9 Å². The van der Waals surface area contributed by atoms with E-state index in [1.165, 1.54) is 0 Å². The van der Waals surface area contributed by atoms with Gasteiger partial charge in [0.2, 0.25) is 0 Å². The maximum absolute atomic E-state index is 12.5. The lowest BCUT2D eigenvalue weighted by molar-refractivity contribution is -0.137. The molecule has 2 rings (SSSR count). The summed E-state index contributed by atoms with van der Waals surface area (Å²) in [5.41, 5.74) is -0.143. The number of alkyl halides is 3. The summed E-state index contributed by atoms with van der Waals surface area (Å²) in [4.78, 5) is 3.68. The zero-order valence-corrected chi connectivity index (χ0v) is 11.5. The standard InChI is InChI=1S/C14H12ClF3N2O/c15-11-6-10(14(16,17)18)7-19-13(11)20-12(8-21)9-4-2-1-3-5-9/h1-7,12,21H,8H2,(H,19,20)/t12-/m0/s1. The summed E-state index contributed by atoms with van der Waals surface area (Å²) < 4.78 is 37.6. The first-order valence-electron chi connectivity index (χ1n) is 6.07. The molecule has 112 valence electrons. The third-order valence-corrected chi connectivity index (χ3v) is 3.15. The Morgan fingerprint density at radius 2 is 1.90 bits per heavy atom. The van der Waals surface area contributed by atoms with E-state index in [2.05, 4.69) is 10.3 Å². The van der Waals surface area contributed by atoms with E-state index in [0.717, 1.165) is 11.6 Å². The van der Waals surface area contributed by atoms with Gasteiger partial charge in [0, 0.05) is 6.20 Å². The van der Waals surface area contributed by atoms with Crippen molar-refractivity contribution in [1.82, 2.24) is 4.98 Å². The van der Waals surface area contributed by atoms with Crippen LogP contribution in [0.1, 0.15) is 17.2 Å². The SMILES string of the molecule is OC[C@H](Nc1ncc(C(F)(F)F)cc1Cl)c1ccccc1. The van der Waals surface area contributed by atoms with E-state index in [-0.39, 0.29) is 17.4 Å². The second-order valence-electron chi connectivity index (χ2n) is 4.34. The molecular formula is C14H12ClF3N2O. The van der Waals surface area contributed by atoms with Crippen molar-refractivity contribution in [3.05, 3.63) is 58.7 Å². The molecule has 0 aliphatic carbocycles. The fraction of sp³-hybridized carbons (Fsp3) is 0.214. The minimum atomic E-state index is -4.50. The van der Waals surface area contributed by atoms with Gasteiger partial charge in [-0.2, -0.15) is 13.2 Å². The van der Waals surface area contributed by atoms with Gasteiger partial charge < -0.3 is 10.4 Å². The maximum Gasteiger partial charge on any atom is 0.417 e. The van der Waals surface area contributed by atoms with Gasteiger partial charge in [-0.3, -0.25) is 0 Å². The van der Waals surface area contributed by atoms with Crippen LogP contribution in [0.25, 0.3) is 0 Å². The number of hydrogen-bond donors (Lipinski definition) is 2. The topological polar surface area (TPSA) is 45.1 Å². The van der Waals surface area contributed by atoms with Crippen LogP contribution in [0.4, 0.5) is 19.0 Å². The van der Waals surface area contributed by atoms with E-state index < -0.39 is 17.8 Å². The predicted octanol–water partition coefficient (Wildman–Crippen LogP) is 3.90. The first-order valence-corrected chi connectivity index (χ1v) is 6.44. The van der Waals surface area contributed by atoms with Gasteiger partial charge in [0.25, 0.3) is 0 Å². The Hall–Kier alpha value is -1.79. The number of nitrogens with one attached hydrogen (secondary N) is 1. The zero-order valence-electron chi connectivity index (χ0n) is 10.7. The number of hydrogen-bond acceptors (Lipinski definition) is 3. The summed E-state index contributed by atoms with van der Waals surface area (Å²) >= 11 is 5.82. The van der Waals surface area contributed by atoms with Crippen molar-refractivity contribution in [3.8, 4) is 0 Å². The summed E-state index contributed by atoms with van der Waals surface area (Å²) in [6, 6.07) is 9.27. The van der Waals surface area contributed by atoms with Gasteiger partial charge in [0.1, 0.15) is 5.82 Å². The van der Waals surface area contributed by atoms with Crippen molar-refractivity contribution >= 4 is 17.4 Å². The Kier molecular flexibility index (Phi) is 4.69. The summed E-state index contributed by atoms with van der Waals surface area (Å²) in [6.45, 7) is -0.247. The van der Waals surface area contributed by atoms with Crippen molar-refractivity contribution < 1.29 is 18.3 Å². The molecule has 2 N–H and O–H groups in total. The molecule has 0 aliphatic rings. The van der Waals surface area contributed by atoms with Crippen molar-refractivity contribution in [2.75, 3.05) is 11.9 Å². The Morgan fingerprint density at radius 3 is 2.43 bits per heavy atom. The first kappa shape index (κ1) is 15.6. The minimum absolute atomic E-state index is 0.0903. The highest BCUT2D eigenvalue weighted by molar-refractivity contribution is 6.33. The molecule has 0 unspecified atom stereocenters. The molecule has 3 nitrogen and oxygen atoms in total. The number of aliphatic hydroxyl groups excluding tert-OH is 1. The number of aliphatic hydroxyl groups is 1. The van der Waals surface area contributed by atoms with Crippen LogP contribution in [0.3, 0.4) is 0 Å². The van der Waals surface area contributed by atoms with Crippen LogP contribution in [0, 0.1) is 0 Å². The average Bonchev–Trinajstić information content (AvgIpc) is 2.46. The fourth-order valence-corrected chi connectivity index (χ4v) is 2.00.